The predicted molar refractivity (Wildman–Crippen MR) is 26.3 cm³/mol. The van der Waals surface area contributed by atoms with Gasteiger partial charge >= 0.3 is 17.2 Å². The lowest BCUT2D eigenvalue weighted by atomic mass is 10.1. The van der Waals surface area contributed by atoms with Gasteiger partial charge in [-0.2, -0.15) is 27.2 Å². The normalized spacial score (nSPS) is 18.2. The van der Waals surface area contributed by atoms with Gasteiger partial charge in [-0.25, -0.2) is 4.39 Å². The molecule has 8 heteroatoms. The quantitative estimate of drug-likeness (QED) is 0.483. The van der Waals surface area contributed by atoms with E-state index in [9.17, 15) is 26.3 Å². The molecule has 0 aromatic heterocycles. The van der Waals surface area contributed by atoms with Crippen LogP contribution in [0.3, 0.4) is 0 Å². The molecule has 0 rings (SSSR count). The zero-order valence-electron chi connectivity index (χ0n) is 5.09. The summed E-state index contributed by atoms with van der Waals surface area (Å²) in [7, 11) is 0. The molecule has 0 radical (unpaired) electrons. The summed E-state index contributed by atoms with van der Waals surface area (Å²) in [4.78, 5) is 0. The van der Waals surface area contributed by atoms with Crippen LogP contribution in [0, 0.1) is 11.3 Å². The molecule has 0 aliphatic rings. The Kier molecular flexibility index (Phi) is 2.55. The maximum absolute atomic E-state index is 12.2. The summed E-state index contributed by atoms with van der Waals surface area (Å²) in [6, 6.07) is -0.215. The number of halogens is 7. The highest BCUT2D eigenvalue weighted by molar-refractivity contribution is 6.22. The van der Waals surface area contributed by atoms with Gasteiger partial charge in [-0.15, -0.1) is 0 Å². The molecule has 0 aliphatic carbocycles. The molecule has 0 amide bonds. The Morgan fingerprint density at radius 1 is 1.00 bits per heavy atom. The molecule has 0 saturated carbocycles. The molecule has 0 saturated heterocycles. The summed E-state index contributed by atoms with van der Waals surface area (Å²) >= 11 is 3.77. The average molecular weight is 211 g/mol. The van der Waals surface area contributed by atoms with Crippen LogP contribution in [-0.2, 0) is 0 Å². The molecule has 0 aliphatic heterocycles. The van der Waals surface area contributed by atoms with Crippen LogP contribution in [0.1, 0.15) is 0 Å². The second kappa shape index (κ2) is 2.69. The van der Waals surface area contributed by atoms with Gasteiger partial charge in [0.05, 0.1) is 0 Å². The Labute approximate surface area is 67.5 Å². The fourth-order valence-electron chi connectivity index (χ4n) is 0.287. The summed E-state index contributed by atoms with van der Waals surface area (Å²) < 4.78 is 69.9. The molecule has 0 aromatic carbocycles. The highest BCUT2D eigenvalue weighted by Gasteiger charge is 2.72. The van der Waals surface area contributed by atoms with Crippen molar-refractivity contribution in [3.05, 3.63) is 0 Å². The molecule has 1 nitrogen and oxygen atoms in total. The topological polar surface area (TPSA) is 23.8 Å². The van der Waals surface area contributed by atoms with E-state index in [0.717, 1.165) is 0 Å². The molecule has 0 spiro atoms. The van der Waals surface area contributed by atoms with E-state index in [-0.39, 0.29) is 6.07 Å². The van der Waals surface area contributed by atoms with Crippen LogP contribution in [0.2, 0.25) is 0 Å². The number of alkyl halides is 7. The molecule has 12 heavy (non-hydrogen) atoms. The SMILES string of the molecule is N#CC(F)(C(F)(F)F)C(F)(F)Cl. The first kappa shape index (κ1) is 11.4. The van der Waals surface area contributed by atoms with Crippen LogP contribution in [0.15, 0.2) is 0 Å². The lowest BCUT2D eigenvalue weighted by Gasteiger charge is -2.24. The Bertz CT molecular complexity index is 195. The highest BCUT2D eigenvalue weighted by Crippen LogP contribution is 2.46. The highest BCUT2D eigenvalue weighted by atomic mass is 35.5. The van der Waals surface area contributed by atoms with Gasteiger partial charge in [0.2, 0.25) is 0 Å². The third-order valence-corrected chi connectivity index (χ3v) is 1.20. The Morgan fingerprint density at radius 3 is 1.33 bits per heavy atom. The van der Waals surface area contributed by atoms with Crippen molar-refractivity contribution in [2.75, 3.05) is 0 Å². The van der Waals surface area contributed by atoms with Crippen LogP contribution < -0.4 is 0 Å². The van der Waals surface area contributed by atoms with Gasteiger partial charge < -0.3 is 0 Å². The average Bonchev–Trinajstić information content (AvgIpc) is 1.81. The van der Waals surface area contributed by atoms with Crippen LogP contribution >= 0.6 is 11.6 Å². The third-order valence-electron chi connectivity index (χ3n) is 0.935. The number of nitrogens with zero attached hydrogens (tertiary/aromatic N) is 1. The van der Waals surface area contributed by atoms with Crippen LogP contribution in [0.4, 0.5) is 26.3 Å². The van der Waals surface area contributed by atoms with Crippen LogP contribution in [-0.4, -0.2) is 17.2 Å². The molecule has 0 bridgehead atoms. The molecular formula is C4ClF6N. The van der Waals surface area contributed by atoms with E-state index in [1.807, 2.05) is 0 Å². The molecule has 70 valence electrons. The molecule has 1 unspecified atom stereocenters. The molecular weight excluding hydrogens is 211 g/mol. The maximum Gasteiger partial charge on any atom is 0.443 e. The van der Waals surface area contributed by atoms with Gasteiger partial charge in [0.15, 0.2) is 0 Å². The third kappa shape index (κ3) is 1.58. The number of rotatable bonds is 1. The van der Waals surface area contributed by atoms with Crippen molar-refractivity contribution in [3.63, 3.8) is 0 Å². The summed E-state index contributed by atoms with van der Waals surface area (Å²) in [5.74, 6) is 0. The van der Waals surface area contributed by atoms with E-state index < -0.39 is 17.2 Å². The van der Waals surface area contributed by atoms with Crippen LogP contribution in [0.25, 0.3) is 0 Å². The van der Waals surface area contributed by atoms with Crippen molar-refractivity contribution in [1.82, 2.24) is 0 Å². The summed E-state index contributed by atoms with van der Waals surface area (Å²) in [6.07, 6.45) is -6.02. The van der Waals surface area contributed by atoms with Gasteiger partial charge in [-0.3, -0.25) is 0 Å². The van der Waals surface area contributed by atoms with Gasteiger partial charge in [0.25, 0.3) is 0 Å². The fourth-order valence-corrected chi connectivity index (χ4v) is 0.437. The molecule has 0 heterocycles. The first-order valence-electron chi connectivity index (χ1n) is 2.30. The standard InChI is InChI=1S/C4ClF6N/c5-3(7,8)2(6,1-12)4(9,10)11. The van der Waals surface area contributed by atoms with Crippen molar-refractivity contribution in [2.45, 2.75) is 17.2 Å². The minimum Gasteiger partial charge on any atom is -0.209 e. The summed E-state index contributed by atoms with van der Waals surface area (Å²) in [5.41, 5.74) is -5.35. The predicted octanol–water partition coefficient (Wildman–Crippen LogP) is 2.61. The monoisotopic (exact) mass is 211 g/mol. The Hall–Kier alpha value is -0.640. The zero-order valence-corrected chi connectivity index (χ0v) is 5.85. The lowest BCUT2D eigenvalue weighted by molar-refractivity contribution is -0.255. The smallest absolute Gasteiger partial charge is 0.209 e. The molecule has 0 N–H and O–H groups in total. The van der Waals surface area contributed by atoms with E-state index in [1.54, 1.807) is 0 Å². The molecule has 1 atom stereocenters. The van der Waals surface area contributed by atoms with E-state index in [0.29, 0.717) is 0 Å². The first-order valence-corrected chi connectivity index (χ1v) is 2.67. The van der Waals surface area contributed by atoms with Gasteiger partial charge in [0.1, 0.15) is 6.07 Å². The first-order chi connectivity index (χ1) is 5.06. The number of nitriles is 1. The summed E-state index contributed by atoms with van der Waals surface area (Å²) in [5, 5.41) is 2.26. The van der Waals surface area contributed by atoms with Crippen molar-refractivity contribution < 1.29 is 26.3 Å². The van der Waals surface area contributed by atoms with E-state index in [4.69, 9.17) is 5.26 Å². The lowest BCUT2D eigenvalue weighted by Crippen LogP contribution is -2.51. The van der Waals surface area contributed by atoms with E-state index in [2.05, 4.69) is 11.6 Å². The fraction of sp³-hybridized carbons (Fsp3) is 0.750. The molecule has 0 fully saturated rings. The Balaban J connectivity index is 5.14. The summed E-state index contributed by atoms with van der Waals surface area (Å²) in [6.45, 7) is 0. The maximum atomic E-state index is 12.2. The van der Waals surface area contributed by atoms with Crippen molar-refractivity contribution in [3.8, 4) is 6.07 Å². The number of hydrogen-bond acceptors (Lipinski definition) is 1. The molecule has 0 aromatic rings. The Morgan fingerprint density at radius 2 is 1.33 bits per heavy atom. The van der Waals surface area contributed by atoms with Gasteiger partial charge in [-0.05, 0) is 11.6 Å². The van der Waals surface area contributed by atoms with E-state index >= 15 is 0 Å². The van der Waals surface area contributed by atoms with E-state index in [1.165, 1.54) is 0 Å². The largest absolute Gasteiger partial charge is 0.443 e. The van der Waals surface area contributed by atoms with Gasteiger partial charge in [-0.1, -0.05) is 0 Å². The minimum absolute atomic E-state index is 0.215. The number of hydrogen-bond donors (Lipinski definition) is 0. The zero-order chi connectivity index (χ0) is 10.2. The minimum atomic E-state index is -6.02. The van der Waals surface area contributed by atoms with Crippen molar-refractivity contribution in [1.29, 1.82) is 5.26 Å². The van der Waals surface area contributed by atoms with Crippen LogP contribution in [0.5, 0.6) is 0 Å². The second-order valence-corrected chi connectivity index (χ2v) is 2.24. The van der Waals surface area contributed by atoms with Gasteiger partial charge in [0, 0.05) is 0 Å². The van der Waals surface area contributed by atoms with Crippen molar-refractivity contribution >= 4 is 11.6 Å². The second-order valence-electron chi connectivity index (χ2n) is 1.77. The van der Waals surface area contributed by atoms with Crippen molar-refractivity contribution in [2.24, 2.45) is 0 Å².